The lowest BCUT2D eigenvalue weighted by atomic mass is 10.2. The SMILES string of the molecule is COc1ccccc1NC(=O)[C@H](C)Oc1ccc(Cl)cc1C(N)=O. The monoisotopic (exact) mass is 348 g/mol. The summed E-state index contributed by atoms with van der Waals surface area (Å²) in [5.41, 5.74) is 5.93. The zero-order valence-corrected chi connectivity index (χ0v) is 14.0. The van der Waals surface area contributed by atoms with Crippen molar-refractivity contribution < 1.29 is 19.1 Å². The highest BCUT2D eigenvalue weighted by molar-refractivity contribution is 6.31. The third-order valence-corrected chi connectivity index (χ3v) is 3.48. The molecule has 0 aliphatic heterocycles. The van der Waals surface area contributed by atoms with Crippen molar-refractivity contribution in [1.82, 2.24) is 0 Å². The summed E-state index contributed by atoms with van der Waals surface area (Å²) in [6.45, 7) is 1.56. The van der Waals surface area contributed by atoms with Crippen molar-refractivity contribution >= 4 is 29.1 Å². The predicted molar refractivity (Wildman–Crippen MR) is 91.7 cm³/mol. The van der Waals surface area contributed by atoms with Crippen LogP contribution in [0.1, 0.15) is 17.3 Å². The van der Waals surface area contributed by atoms with Crippen LogP contribution in [-0.4, -0.2) is 25.0 Å². The molecule has 0 aliphatic carbocycles. The Labute approximate surface area is 144 Å². The van der Waals surface area contributed by atoms with Gasteiger partial charge in [0, 0.05) is 5.02 Å². The molecule has 0 aliphatic rings. The molecule has 0 aromatic heterocycles. The molecule has 0 bridgehead atoms. The second-order valence-electron chi connectivity index (χ2n) is 4.95. The highest BCUT2D eigenvalue weighted by Crippen LogP contribution is 2.25. The summed E-state index contributed by atoms with van der Waals surface area (Å²) in [6, 6.07) is 11.4. The maximum absolute atomic E-state index is 12.3. The van der Waals surface area contributed by atoms with Gasteiger partial charge in [0.2, 0.25) is 0 Å². The Balaban J connectivity index is 2.14. The van der Waals surface area contributed by atoms with Gasteiger partial charge in [0.25, 0.3) is 11.8 Å². The number of rotatable bonds is 6. The van der Waals surface area contributed by atoms with E-state index in [1.54, 1.807) is 37.3 Å². The molecule has 0 fully saturated rings. The summed E-state index contributed by atoms with van der Waals surface area (Å²) in [5, 5.41) is 3.06. The molecule has 0 saturated carbocycles. The van der Waals surface area contributed by atoms with Gasteiger partial charge in [-0.05, 0) is 37.3 Å². The maximum atomic E-state index is 12.3. The van der Waals surface area contributed by atoms with Crippen LogP contribution in [0.3, 0.4) is 0 Å². The molecule has 7 heteroatoms. The molecule has 2 rings (SSSR count). The molecular formula is C17H17ClN2O4. The number of nitrogens with one attached hydrogen (secondary N) is 1. The Hall–Kier alpha value is -2.73. The van der Waals surface area contributed by atoms with Gasteiger partial charge >= 0.3 is 0 Å². The van der Waals surface area contributed by atoms with Crippen LogP contribution in [0.4, 0.5) is 5.69 Å². The number of benzene rings is 2. The minimum absolute atomic E-state index is 0.111. The summed E-state index contributed by atoms with van der Waals surface area (Å²) >= 11 is 5.84. The molecule has 0 spiro atoms. The first-order valence-corrected chi connectivity index (χ1v) is 7.50. The van der Waals surface area contributed by atoms with E-state index < -0.39 is 17.9 Å². The molecule has 1 atom stereocenters. The average Bonchev–Trinajstić information content (AvgIpc) is 2.56. The molecule has 126 valence electrons. The van der Waals surface area contributed by atoms with E-state index in [0.717, 1.165) is 0 Å². The molecule has 0 unspecified atom stereocenters. The second kappa shape index (κ2) is 7.70. The van der Waals surface area contributed by atoms with E-state index in [9.17, 15) is 9.59 Å². The minimum atomic E-state index is -0.866. The van der Waals surface area contributed by atoms with Crippen molar-refractivity contribution in [1.29, 1.82) is 0 Å². The molecule has 0 saturated heterocycles. The van der Waals surface area contributed by atoms with Crippen LogP contribution >= 0.6 is 11.6 Å². The minimum Gasteiger partial charge on any atom is -0.495 e. The molecule has 2 aromatic carbocycles. The van der Waals surface area contributed by atoms with Gasteiger partial charge in [0.15, 0.2) is 6.10 Å². The number of halogens is 1. The zero-order valence-electron chi connectivity index (χ0n) is 13.2. The summed E-state index contributed by atoms with van der Waals surface area (Å²) in [7, 11) is 1.51. The molecule has 0 radical (unpaired) electrons. The Kier molecular flexibility index (Phi) is 5.65. The lowest BCUT2D eigenvalue weighted by Crippen LogP contribution is -2.31. The van der Waals surface area contributed by atoms with Crippen LogP contribution in [0.25, 0.3) is 0 Å². The van der Waals surface area contributed by atoms with Crippen molar-refractivity contribution in [2.24, 2.45) is 5.73 Å². The molecular weight excluding hydrogens is 332 g/mol. The maximum Gasteiger partial charge on any atom is 0.265 e. The number of ether oxygens (including phenoxy) is 2. The van der Waals surface area contributed by atoms with Gasteiger partial charge in [-0.3, -0.25) is 9.59 Å². The molecule has 0 heterocycles. The van der Waals surface area contributed by atoms with Gasteiger partial charge in [-0.15, -0.1) is 0 Å². The van der Waals surface area contributed by atoms with Crippen LogP contribution in [0.15, 0.2) is 42.5 Å². The number of anilines is 1. The lowest BCUT2D eigenvalue weighted by Gasteiger charge is -2.17. The number of para-hydroxylation sites is 2. The predicted octanol–water partition coefficient (Wildman–Crippen LogP) is 2.85. The van der Waals surface area contributed by atoms with Crippen LogP contribution < -0.4 is 20.5 Å². The lowest BCUT2D eigenvalue weighted by molar-refractivity contribution is -0.122. The van der Waals surface area contributed by atoms with Crippen molar-refractivity contribution in [2.75, 3.05) is 12.4 Å². The number of primary amides is 1. The number of amides is 2. The van der Waals surface area contributed by atoms with E-state index in [1.807, 2.05) is 0 Å². The van der Waals surface area contributed by atoms with Gasteiger partial charge in [0.1, 0.15) is 11.5 Å². The number of hydrogen-bond acceptors (Lipinski definition) is 4. The molecule has 24 heavy (non-hydrogen) atoms. The van der Waals surface area contributed by atoms with Gasteiger partial charge in [-0.2, -0.15) is 0 Å². The van der Waals surface area contributed by atoms with Crippen molar-refractivity contribution in [3.05, 3.63) is 53.1 Å². The highest BCUT2D eigenvalue weighted by Gasteiger charge is 2.19. The number of methoxy groups -OCH3 is 1. The van der Waals surface area contributed by atoms with E-state index in [1.165, 1.54) is 19.2 Å². The van der Waals surface area contributed by atoms with Gasteiger partial charge < -0.3 is 20.5 Å². The van der Waals surface area contributed by atoms with E-state index in [4.69, 9.17) is 26.8 Å². The fourth-order valence-corrected chi connectivity index (χ4v) is 2.20. The number of carbonyl (C=O) groups is 2. The average molecular weight is 349 g/mol. The van der Waals surface area contributed by atoms with E-state index in [-0.39, 0.29) is 11.3 Å². The fraction of sp³-hybridized carbons (Fsp3) is 0.176. The topological polar surface area (TPSA) is 90.7 Å². The first-order valence-electron chi connectivity index (χ1n) is 7.12. The Morgan fingerprint density at radius 3 is 2.54 bits per heavy atom. The first-order chi connectivity index (χ1) is 11.4. The van der Waals surface area contributed by atoms with Crippen LogP contribution in [0, 0.1) is 0 Å². The van der Waals surface area contributed by atoms with Crippen LogP contribution in [0.5, 0.6) is 11.5 Å². The zero-order chi connectivity index (χ0) is 17.7. The van der Waals surface area contributed by atoms with E-state index >= 15 is 0 Å². The third-order valence-electron chi connectivity index (χ3n) is 3.24. The Bertz CT molecular complexity index is 764. The fourth-order valence-electron chi connectivity index (χ4n) is 2.02. The van der Waals surface area contributed by atoms with Crippen molar-refractivity contribution in [2.45, 2.75) is 13.0 Å². The van der Waals surface area contributed by atoms with Crippen LogP contribution in [-0.2, 0) is 4.79 Å². The molecule has 6 nitrogen and oxygen atoms in total. The van der Waals surface area contributed by atoms with Crippen molar-refractivity contribution in [3.63, 3.8) is 0 Å². The number of hydrogen-bond donors (Lipinski definition) is 2. The molecule has 2 aromatic rings. The smallest absolute Gasteiger partial charge is 0.265 e. The number of nitrogens with two attached hydrogens (primary N) is 1. The summed E-state index contributed by atoms with van der Waals surface area (Å²) in [6.07, 6.45) is -0.866. The first kappa shape index (κ1) is 17.6. The van der Waals surface area contributed by atoms with E-state index in [0.29, 0.717) is 16.5 Å². The second-order valence-corrected chi connectivity index (χ2v) is 5.39. The third kappa shape index (κ3) is 4.17. The largest absolute Gasteiger partial charge is 0.495 e. The summed E-state index contributed by atoms with van der Waals surface area (Å²) in [4.78, 5) is 23.8. The van der Waals surface area contributed by atoms with Crippen LogP contribution in [0.2, 0.25) is 5.02 Å². The standard InChI is InChI=1S/C17H17ClN2O4/c1-10(17(22)20-13-5-3-4-6-15(13)23-2)24-14-8-7-11(18)9-12(14)16(19)21/h3-10H,1-2H3,(H2,19,21)(H,20,22)/t10-/m0/s1. The summed E-state index contributed by atoms with van der Waals surface area (Å²) < 4.78 is 10.7. The van der Waals surface area contributed by atoms with Crippen molar-refractivity contribution in [3.8, 4) is 11.5 Å². The molecule has 2 amide bonds. The van der Waals surface area contributed by atoms with Gasteiger partial charge in [-0.25, -0.2) is 0 Å². The molecule has 3 N–H and O–H groups in total. The quantitative estimate of drug-likeness (QED) is 0.839. The normalized spacial score (nSPS) is 11.5. The Morgan fingerprint density at radius 1 is 1.17 bits per heavy atom. The number of carbonyl (C=O) groups excluding carboxylic acids is 2. The van der Waals surface area contributed by atoms with Gasteiger partial charge in [0.05, 0.1) is 18.4 Å². The Morgan fingerprint density at radius 2 is 1.88 bits per heavy atom. The summed E-state index contributed by atoms with van der Waals surface area (Å²) in [5.74, 6) is -0.369. The van der Waals surface area contributed by atoms with Gasteiger partial charge in [-0.1, -0.05) is 23.7 Å². The van der Waals surface area contributed by atoms with E-state index in [2.05, 4.69) is 5.32 Å². The highest BCUT2D eigenvalue weighted by atomic mass is 35.5.